The molecule has 0 aromatic carbocycles. The molecule has 1 saturated carbocycles. The molecule has 1 aliphatic carbocycles. The molecule has 6 heteroatoms. The smallest absolute Gasteiger partial charge is 0.319 e. The summed E-state index contributed by atoms with van der Waals surface area (Å²) in [5.41, 5.74) is -1.10. The summed E-state index contributed by atoms with van der Waals surface area (Å²) in [4.78, 5) is 24.2. The largest absolute Gasteiger partial charge is 0.465 e. The van der Waals surface area contributed by atoms with E-state index in [2.05, 4.69) is 0 Å². The Kier molecular flexibility index (Phi) is 5.52. The molecule has 0 radical (unpaired) electrons. The Labute approximate surface area is 114 Å². The average Bonchev–Trinajstić information content (AvgIpc) is 2.30. The summed E-state index contributed by atoms with van der Waals surface area (Å²) < 4.78 is 27.3. The third-order valence-corrected chi connectivity index (χ3v) is 4.61. The highest BCUT2D eigenvalue weighted by atomic mass is 32.2. The second-order valence-electron chi connectivity index (χ2n) is 5.17. The summed E-state index contributed by atoms with van der Waals surface area (Å²) in [6, 6.07) is 0. The number of hydrogen-bond donors (Lipinski definition) is 0. The van der Waals surface area contributed by atoms with Gasteiger partial charge < -0.3 is 4.74 Å². The van der Waals surface area contributed by atoms with Crippen LogP contribution in [0.15, 0.2) is 0 Å². The molecule has 5 nitrogen and oxygen atoms in total. The first-order valence-electron chi connectivity index (χ1n) is 6.70. The predicted molar refractivity (Wildman–Crippen MR) is 71.5 cm³/mol. The van der Waals surface area contributed by atoms with Gasteiger partial charge in [-0.3, -0.25) is 9.59 Å². The zero-order valence-electron chi connectivity index (χ0n) is 11.6. The van der Waals surface area contributed by atoms with Gasteiger partial charge in [0.2, 0.25) is 0 Å². The van der Waals surface area contributed by atoms with Crippen LogP contribution in [0.5, 0.6) is 0 Å². The lowest BCUT2D eigenvalue weighted by Gasteiger charge is -2.33. The van der Waals surface area contributed by atoms with E-state index >= 15 is 0 Å². The number of rotatable bonds is 6. The van der Waals surface area contributed by atoms with Crippen molar-refractivity contribution in [1.82, 2.24) is 0 Å². The van der Waals surface area contributed by atoms with Gasteiger partial charge in [0.15, 0.2) is 0 Å². The van der Waals surface area contributed by atoms with Crippen LogP contribution < -0.4 is 0 Å². The first-order chi connectivity index (χ1) is 8.82. The third kappa shape index (κ3) is 4.30. The number of carbonyl (C=O) groups excluding carboxylic acids is 2. The van der Waals surface area contributed by atoms with Crippen LogP contribution in [0, 0.1) is 5.41 Å². The quantitative estimate of drug-likeness (QED) is 0.547. The standard InChI is InChI=1S/C13H22O5S/c1-3-18-12(15)13(8-5-4-7-11(13)14)9-6-10-19(2,16)17/h3-10H2,1-2H3. The fraction of sp³-hybridized carbons (Fsp3) is 0.846. The fourth-order valence-corrected chi connectivity index (χ4v) is 3.25. The molecule has 1 rings (SSSR count). The van der Waals surface area contributed by atoms with Crippen molar-refractivity contribution in [3.63, 3.8) is 0 Å². The molecular weight excluding hydrogens is 268 g/mol. The van der Waals surface area contributed by atoms with E-state index in [-0.39, 0.29) is 24.6 Å². The van der Waals surface area contributed by atoms with E-state index in [9.17, 15) is 18.0 Å². The minimum Gasteiger partial charge on any atom is -0.465 e. The first-order valence-corrected chi connectivity index (χ1v) is 8.76. The number of sulfone groups is 1. The van der Waals surface area contributed by atoms with Gasteiger partial charge in [-0.1, -0.05) is 6.42 Å². The van der Waals surface area contributed by atoms with Crippen molar-refractivity contribution in [2.24, 2.45) is 5.41 Å². The van der Waals surface area contributed by atoms with Crippen molar-refractivity contribution in [2.45, 2.75) is 45.4 Å². The van der Waals surface area contributed by atoms with Crippen LogP contribution in [0.25, 0.3) is 0 Å². The molecule has 0 bridgehead atoms. The Morgan fingerprint density at radius 1 is 1.37 bits per heavy atom. The van der Waals surface area contributed by atoms with Gasteiger partial charge in [0, 0.05) is 18.4 Å². The minimum atomic E-state index is -3.07. The highest BCUT2D eigenvalue weighted by Crippen LogP contribution is 2.38. The minimum absolute atomic E-state index is 0.00142. The monoisotopic (exact) mass is 290 g/mol. The van der Waals surface area contributed by atoms with Gasteiger partial charge in [0.25, 0.3) is 0 Å². The van der Waals surface area contributed by atoms with Crippen LogP contribution in [0.3, 0.4) is 0 Å². The van der Waals surface area contributed by atoms with E-state index < -0.39 is 21.2 Å². The number of ketones is 1. The molecule has 0 aliphatic heterocycles. The normalized spacial score (nSPS) is 24.2. The Hall–Kier alpha value is -0.910. The van der Waals surface area contributed by atoms with Crippen molar-refractivity contribution < 1.29 is 22.7 Å². The molecule has 0 heterocycles. The van der Waals surface area contributed by atoms with Gasteiger partial charge >= 0.3 is 5.97 Å². The lowest BCUT2D eigenvalue weighted by atomic mass is 9.70. The maximum absolute atomic E-state index is 12.1. The van der Waals surface area contributed by atoms with Crippen molar-refractivity contribution >= 4 is 21.6 Å². The highest BCUT2D eigenvalue weighted by molar-refractivity contribution is 7.90. The van der Waals surface area contributed by atoms with Crippen LogP contribution in [-0.2, 0) is 24.2 Å². The second kappa shape index (κ2) is 6.50. The second-order valence-corrected chi connectivity index (χ2v) is 7.43. The van der Waals surface area contributed by atoms with Gasteiger partial charge in [-0.2, -0.15) is 0 Å². The number of carbonyl (C=O) groups is 2. The molecule has 1 atom stereocenters. The molecule has 1 unspecified atom stereocenters. The number of hydrogen-bond acceptors (Lipinski definition) is 5. The van der Waals surface area contributed by atoms with E-state index in [1.807, 2.05) is 0 Å². The van der Waals surface area contributed by atoms with E-state index in [1.54, 1.807) is 6.92 Å². The summed E-state index contributed by atoms with van der Waals surface area (Å²) >= 11 is 0. The summed E-state index contributed by atoms with van der Waals surface area (Å²) in [6.07, 6.45) is 4.23. The number of ether oxygens (including phenoxy) is 1. The number of Topliss-reactive ketones (excluding diaryl/α,β-unsaturated/α-hetero) is 1. The van der Waals surface area contributed by atoms with Crippen LogP contribution in [0.2, 0.25) is 0 Å². The Morgan fingerprint density at radius 3 is 2.58 bits per heavy atom. The molecule has 1 fully saturated rings. The molecule has 0 aromatic heterocycles. The lowest BCUT2D eigenvalue weighted by Crippen LogP contribution is -2.43. The third-order valence-electron chi connectivity index (χ3n) is 3.58. The van der Waals surface area contributed by atoms with Crippen LogP contribution in [-0.4, -0.2) is 38.8 Å². The van der Waals surface area contributed by atoms with Crippen LogP contribution >= 0.6 is 0 Å². The van der Waals surface area contributed by atoms with E-state index in [1.165, 1.54) is 0 Å². The zero-order chi connectivity index (χ0) is 14.5. The Balaban J connectivity index is 2.80. The molecular formula is C13H22O5S. The maximum atomic E-state index is 12.1. The maximum Gasteiger partial charge on any atom is 0.319 e. The summed E-state index contributed by atoms with van der Waals surface area (Å²) in [7, 11) is -3.07. The molecule has 0 aromatic rings. The van der Waals surface area contributed by atoms with Crippen molar-refractivity contribution in [1.29, 1.82) is 0 Å². The van der Waals surface area contributed by atoms with Gasteiger partial charge in [0.05, 0.1) is 6.61 Å². The Morgan fingerprint density at radius 2 is 2.05 bits per heavy atom. The first kappa shape index (κ1) is 16.1. The molecule has 0 N–H and O–H groups in total. The summed E-state index contributed by atoms with van der Waals surface area (Å²) in [5.74, 6) is -0.569. The number of esters is 1. The predicted octanol–water partition coefficient (Wildman–Crippen LogP) is 1.50. The van der Waals surface area contributed by atoms with Gasteiger partial charge in [-0.05, 0) is 32.6 Å². The summed E-state index contributed by atoms with van der Waals surface area (Å²) in [5, 5.41) is 0. The van der Waals surface area contributed by atoms with Crippen molar-refractivity contribution in [3.8, 4) is 0 Å². The van der Waals surface area contributed by atoms with Crippen LogP contribution in [0.4, 0.5) is 0 Å². The van der Waals surface area contributed by atoms with Crippen LogP contribution in [0.1, 0.15) is 45.4 Å². The van der Waals surface area contributed by atoms with Gasteiger partial charge in [-0.25, -0.2) is 8.42 Å². The zero-order valence-corrected chi connectivity index (χ0v) is 12.4. The molecule has 0 saturated heterocycles. The molecule has 110 valence electrons. The average molecular weight is 290 g/mol. The molecule has 0 amide bonds. The van der Waals surface area contributed by atoms with Crippen molar-refractivity contribution in [2.75, 3.05) is 18.6 Å². The van der Waals surface area contributed by atoms with E-state index in [0.29, 0.717) is 19.3 Å². The Bertz CT molecular complexity index is 440. The van der Waals surface area contributed by atoms with Gasteiger partial charge in [-0.15, -0.1) is 0 Å². The molecule has 1 aliphatic rings. The van der Waals surface area contributed by atoms with E-state index in [4.69, 9.17) is 4.74 Å². The fourth-order valence-electron chi connectivity index (χ4n) is 2.58. The topological polar surface area (TPSA) is 77.5 Å². The molecule has 19 heavy (non-hydrogen) atoms. The summed E-state index contributed by atoms with van der Waals surface area (Å²) in [6.45, 7) is 1.94. The lowest BCUT2D eigenvalue weighted by molar-refractivity contribution is -0.162. The highest BCUT2D eigenvalue weighted by Gasteiger charge is 2.47. The van der Waals surface area contributed by atoms with Crippen molar-refractivity contribution in [3.05, 3.63) is 0 Å². The molecule has 0 spiro atoms. The van der Waals surface area contributed by atoms with E-state index in [0.717, 1.165) is 19.1 Å². The van der Waals surface area contributed by atoms with Gasteiger partial charge in [0.1, 0.15) is 21.0 Å². The SMILES string of the molecule is CCOC(=O)C1(CCCS(C)(=O)=O)CCCCC1=O.